The summed E-state index contributed by atoms with van der Waals surface area (Å²) >= 11 is 0. The average molecular weight is 264 g/mol. The first-order chi connectivity index (χ1) is 9.09. The molecule has 0 saturated heterocycles. The van der Waals surface area contributed by atoms with E-state index in [0.717, 1.165) is 12.8 Å². The maximum absolute atomic E-state index is 12.4. The lowest BCUT2D eigenvalue weighted by molar-refractivity contribution is -0.137. The molecule has 1 fully saturated rings. The Bertz CT molecular complexity index is 461. The molecule has 0 spiro atoms. The van der Waals surface area contributed by atoms with E-state index in [-0.39, 0.29) is 18.5 Å². The molecule has 1 amide bonds. The van der Waals surface area contributed by atoms with Gasteiger partial charge < -0.3 is 14.6 Å². The van der Waals surface area contributed by atoms with Gasteiger partial charge in [0.25, 0.3) is 5.91 Å². The van der Waals surface area contributed by atoms with E-state index in [1.54, 1.807) is 23.2 Å². The van der Waals surface area contributed by atoms with Crippen molar-refractivity contribution in [2.24, 2.45) is 0 Å². The third-order valence-corrected chi connectivity index (χ3v) is 3.80. The molecular formula is C14H20N2O3. The van der Waals surface area contributed by atoms with Gasteiger partial charge in [0, 0.05) is 19.3 Å². The molecule has 0 bridgehead atoms. The van der Waals surface area contributed by atoms with E-state index in [0.29, 0.717) is 5.69 Å². The van der Waals surface area contributed by atoms with E-state index in [1.807, 2.05) is 7.05 Å². The largest absolute Gasteiger partial charge is 0.480 e. The maximum Gasteiger partial charge on any atom is 0.323 e. The van der Waals surface area contributed by atoms with Crippen LogP contribution in [0.15, 0.2) is 18.3 Å². The zero-order chi connectivity index (χ0) is 13.8. The number of rotatable bonds is 4. The summed E-state index contributed by atoms with van der Waals surface area (Å²) in [6.45, 7) is -0.174. The first-order valence-corrected chi connectivity index (χ1v) is 6.73. The van der Waals surface area contributed by atoms with Gasteiger partial charge in [0.15, 0.2) is 0 Å². The highest BCUT2D eigenvalue weighted by Gasteiger charge is 2.24. The SMILES string of the molecule is CN(C(=O)c1cccn1CC(=O)O)C1CCCCC1. The van der Waals surface area contributed by atoms with Crippen molar-refractivity contribution < 1.29 is 14.7 Å². The minimum Gasteiger partial charge on any atom is -0.480 e. The molecule has 1 aromatic rings. The number of hydrogen-bond acceptors (Lipinski definition) is 2. The normalized spacial score (nSPS) is 16.3. The minimum absolute atomic E-state index is 0.0850. The number of aliphatic carboxylic acids is 1. The number of amides is 1. The van der Waals surface area contributed by atoms with Crippen LogP contribution in [0.2, 0.25) is 0 Å². The summed E-state index contributed by atoms with van der Waals surface area (Å²) in [7, 11) is 1.82. The molecule has 1 aliphatic carbocycles. The zero-order valence-corrected chi connectivity index (χ0v) is 11.2. The Hall–Kier alpha value is -1.78. The van der Waals surface area contributed by atoms with E-state index in [9.17, 15) is 9.59 Å². The summed E-state index contributed by atoms with van der Waals surface area (Å²) in [5.74, 6) is -1.02. The van der Waals surface area contributed by atoms with Gasteiger partial charge in [0.05, 0.1) is 0 Å². The second kappa shape index (κ2) is 5.91. The molecule has 0 radical (unpaired) electrons. The zero-order valence-electron chi connectivity index (χ0n) is 11.2. The standard InChI is InChI=1S/C14H20N2O3/c1-15(11-6-3-2-4-7-11)14(19)12-8-5-9-16(12)10-13(17)18/h5,8-9,11H,2-4,6-7,10H2,1H3,(H,17,18). The van der Waals surface area contributed by atoms with E-state index >= 15 is 0 Å². The molecule has 0 aliphatic heterocycles. The molecule has 0 aromatic carbocycles. The van der Waals surface area contributed by atoms with E-state index in [4.69, 9.17) is 5.11 Å². The smallest absolute Gasteiger partial charge is 0.323 e. The molecule has 1 saturated carbocycles. The number of nitrogens with zero attached hydrogens (tertiary/aromatic N) is 2. The lowest BCUT2D eigenvalue weighted by Gasteiger charge is -2.31. The highest BCUT2D eigenvalue weighted by molar-refractivity contribution is 5.93. The molecule has 2 rings (SSSR count). The fraction of sp³-hybridized carbons (Fsp3) is 0.571. The van der Waals surface area contributed by atoms with Gasteiger partial charge in [-0.1, -0.05) is 19.3 Å². The van der Waals surface area contributed by atoms with Crippen LogP contribution in [0.25, 0.3) is 0 Å². The quantitative estimate of drug-likeness (QED) is 0.904. The molecule has 0 atom stereocenters. The van der Waals surface area contributed by atoms with Gasteiger partial charge in [-0.3, -0.25) is 9.59 Å². The van der Waals surface area contributed by atoms with Gasteiger partial charge in [-0.05, 0) is 25.0 Å². The number of aromatic nitrogens is 1. The van der Waals surface area contributed by atoms with Crippen molar-refractivity contribution >= 4 is 11.9 Å². The van der Waals surface area contributed by atoms with Crippen LogP contribution in [-0.4, -0.2) is 39.5 Å². The van der Waals surface area contributed by atoms with Crippen LogP contribution in [0, 0.1) is 0 Å². The van der Waals surface area contributed by atoms with Crippen LogP contribution in [0.4, 0.5) is 0 Å². The van der Waals surface area contributed by atoms with Crippen LogP contribution in [0.3, 0.4) is 0 Å². The highest BCUT2D eigenvalue weighted by atomic mass is 16.4. The number of carboxylic acid groups (broad SMARTS) is 1. The van der Waals surface area contributed by atoms with Crippen LogP contribution < -0.4 is 0 Å². The second-order valence-corrected chi connectivity index (χ2v) is 5.12. The predicted molar refractivity (Wildman–Crippen MR) is 71.0 cm³/mol. The third-order valence-electron chi connectivity index (χ3n) is 3.80. The number of carbonyl (C=O) groups is 2. The summed E-state index contributed by atoms with van der Waals surface area (Å²) in [4.78, 5) is 25.0. The number of hydrogen-bond donors (Lipinski definition) is 1. The first kappa shape index (κ1) is 13.6. The Morgan fingerprint density at radius 3 is 2.68 bits per heavy atom. The first-order valence-electron chi connectivity index (χ1n) is 6.73. The molecule has 1 N–H and O–H groups in total. The summed E-state index contributed by atoms with van der Waals surface area (Å²) in [6.07, 6.45) is 7.30. The van der Waals surface area contributed by atoms with E-state index < -0.39 is 5.97 Å². The van der Waals surface area contributed by atoms with Crippen LogP contribution in [0.1, 0.15) is 42.6 Å². The maximum atomic E-state index is 12.4. The fourth-order valence-corrected chi connectivity index (χ4v) is 2.71. The van der Waals surface area contributed by atoms with E-state index in [2.05, 4.69) is 0 Å². The van der Waals surface area contributed by atoms with Crippen molar-refractivity contribution in [2.45, 2.75) is 44.7 Å². The third kappa shape index (κ3) is 3.16. The van der Waals surface area contributed by atoms with Crippen molar-refractivity contribution in [2.75, 3.05) is 7.05 Å². The van der Waals surface area contributed by atoms with Gasteiger partial charge in [0.2, 0.25) is 0 Å². The molecule has 1 aromatic heterocycles. The topological polar surface area (TPSA) is 62.5 Å². The Morgan fingerprint density at radius 2 is 2.05 bits per heavy atom. The summed E-state index contributed by atoms with van der Waals surface area (Å²) in [6, 6.07) is 3.68. The van der Waals surface area contributed by atoms with Crippen molar-refractivity contribution in [1.29, 1.82) is 0 Å². The van der Waals surface area contributed by atoms with Crippen LogP contribution in [-0.2, 0) is 11.3 Å². The Morgan fingerprint density at radius 1 is 1.37 bits per heavy atom. The predicted octanol–water partition coefficient (Wildman–Crippen LogP) is 1.98. The lowest BCUT2D eigenvalue weighted by atomic mass is 9.94. The summed E-state index contributed by atoms with van der Waals surface area (Å²) in [5, 5.41) is 8.83. The van der Waals surface area contributed by atoms with Crippen molar-refractivity contribution in [3.05, 3.63) is 24.0 Å². The molecule has 5 nitrogen and oxygen atoms in total. The van der Waals surface area contributed by atoms with Gasteiger partial charge in [-0.25, -0.2) is 0 Å². The molecule has 19 heavy (non-hydrogen) atoms. The van der Waals surface area contributed by atoms with E-state index in [1.165, 1.54) is 23.8 Å². The van der Waals surface area contributed by atoms with Crippen LogP contribution in [0.5, 0.6) is 0 Å². The monoisotopic (exact) mass is 264 g/mol. The van der Waals surface area contributed by atoms with Gasteiger partial charge in [0.1, 0.15) is 12.2 Å². The number of carboxylic acids is 1. The molecular weight excluding hydrogens is 244 g/mol. The number of carbonyl (C=O) groups excluding carboxylic acids is 1. The molecule has 1 heterocycles. The summed E-state index contributed by atoms with van der Waals surface area (Å²) < 4.78 is 1.49. The molecule has 104 valence electrons. The second-order valence-electron chi connectivity index (χ2n) is 5.12. The molecule has 0 unspecified atom stereocenters. The minimum atomic E-state index is -0.939. The van der Waals surface area contributed by atoms with Crippen molar-refractivity contribution in [1.82, 2.24) is 9.47 Å². The Labute approximate surface area is 112 Å². The van der Waals surface area contributed by atoms with Crippen molar-refractivity contribution in [3.8, 4) is 0 Å². The van der Waals surface area contributed by atoms with Gasteiger partial charge >= 0.3 is 5.97 Å². The van der Waals surface area contributed by atoms with Crippen molar-refractivity contribution in [3.63, 3.8) is 0 Å². The Kier molecular flexibility index (Phi) is 4.24. The molecule has 1 aliphatic rings. The van der Waals surface area contributed by atoms with Gasteiger partial charge in [-0.15, -0.1) is 0 Å². The fourth-order valence-electron chi connectivity index (χ4n) is 2.71. The molecule has 5 heteroatoms. The highest BCUT2D eigenvalue weighted by Crippen LogP contribution is 2.23. The Balaban J connectivity index is 2.10. The lowest BCUT2D eigenvalue weighted by Crippen LogP contribution is -2.39. The average Bonchev–Trinajstić information content (AvgIpc) is 2.85. The van der Waals surface area contributed by atoms with Crippen LogP contribution >= 0.6 is 0 Å². The summed E-state index contributed by atoms with van der Waals surface area (Å²) in [5.41, 5.74) is 0.454. The van der Waals surface area contributed by atoms with Gasteiger partial charge in [-0.2, -0.15) is 0 Å².